The molecule has 2 rings (SSSR count). The molecule has 102 valence electrons. The quantitative estimate of drug-likeness (QED) is 0.776. The van der Waals surface area contributed by atoms with E-state index in [4.69, 9.17) is 0 Å². The first-order chi connectivity index (χ1) is 9.16. The summed E-state index contributed by atoms with van der Waals surface area (Å²) < 4.78 is 0. The molecule has 1 aliphatic rings. The van der Waals surface area contributed by atoms with E-state index in [0.29, 0.717) is 11.5 Å². The summed E-state index contributed by atoms with van der Waals surface area (Å²) >= 11 is 1.41. The number of Topliss-reactive ketones (excluding diaryl/α,β-unsaturated/α-hetero) is 1. The highest BCUT2D eigenvalue weighted by Gasteiger charge is 2.17. The molecule has 19 heavy (non-hydrogen) atoms. The summed E-state index contributed by atoms with van der Waals surface area (Å²) in [7, 11) is 0. The Hall–Kier alpha value is -1.29. The number of ketones is 1. The van der Waals surface area contributed by atoms with Gasteiger partial charge in [-0.05, 0) is 19.8 Å². The summed E-state index contributed by atoms with van der Waals surface area (Å²) in [5.41, 5.74) is 1.88. The maximum Gasteiger partial charge on any atom is 0.232 e. The van der Waals surface area contributed by atoms with E-state index < -0.39 is 0 Å². The summed E-state index contributed by atoms with van der Waals surface area (Å²) in [4.78, 5) is 25.6. The van der Waals surface area contributed by atoms with Crippen LogP contribution in [0.3, 0.4) is 0 Å². The lowest BCUT2D eigenvalue weighted by Crippen LogP contribution is -2.29. The van der Waals surface area contributed by atoms with Crippen LogP contribution >= 0.6 is 11.8 Å². The van der Waals surface area contributed by atoms with Crippen LogP contribution in [0.2, 0.25) is 0 Å². The molecule has 0 aliphatic carbocycles. The molecule has 3 nitrogen and oxygen atoms in total. The Balaban J connectivity index is 1.74. The van der Waals surface area contributed by atoms with Gasteiger partial charge in [-0.15, -0.1) is 11.8 Å². The summed E-state index contributed by atoms with van der Waals surface area (Å²) in [6.07, 6.45) is 2.22. The van der Waals surface area contributed by atoms with Crippen LogP contribution in [0.25, 0.3) is 0 Å². The number of rotatable bonds is 5. The number of likely N-dealkylation sites (tertiary alicyclic amines) is 1. The minimum atomic E-state index is 0.0965. The lowest BCUT2D eigenvalue weighted by atomic mass is 10.1. The van der Waals surface area contributed by atoms with Gasteiger partial charge in [0.2, 0.25) is 5.91 Å². The van der Waals surface area contributed by atoms with Gasteiger partial charge in [-0.1, -0.05) is 29.8 Å². The van der Waals surface area contributed by atoms with Crippen molar-refractivity contribution in [3.8, 4) is 0 Å². The van der Waals surface area contributed by atoms with Crippen molar-refractivity contribution in [2.75, 3.05) is 24.6 Å². The van der Waals surface area contributed by atoms with E-state index in [1.54, 1.807) is 0 Å². The lowest BCUT2D eigenvalue weighted by molar-refractivity contribution is -0.127. The van der Waals surface area contributed by atoms with Crippen molar-refractivity contribution in [2.45, 2.75) is 19.8 Å². The van der Waals surface area contributed by atoms with Gasteiger partial charge in [0.05, 0.1) is 11.5 Å². The number of carbonyl (C=O) groups is 2. The number of nitrogens with zero attached hydrogens (tertiary/aromatic N) is 1. The summed E-state index contributed by atoms with van der Waals surface area (Å²) in [5, 5.41) is 0. The number of carbonyl (C=O) groups excluding carboxylic acids is 2. The second kappa shape index (κ2) is 6.75. The number of amides is 1. The van der Waals surface area contributed by atoms with Crippen LogP contribution in [-0.2, 0) is 4.79 Å². The molecule has 0 atom stereocenters. The van der Waals surface area contributed by atoms with Crippen LogP contribution in [0, 0.1) is 6.92 Å². The van der Waals surface area contributed by atoms with Crippen molar-refractivity contribution in [1.29, 1.82) is 0 Å². The molecule has 1 aliphatic heterocycles. The number of hydrogen-bond donors (Lipinski definition) is 0. The molecule has 0 unspecified atom stereocenters. The van der Waals surface area contributed by atoms with Gasteiger partial charge in [0, 0.05) is 18.7 Å². The molecule has 0 N–H and O–H groups in total. The van der Waals surface area contributed by atoms with E-state index >= 15 is 0 Å². The van der Waals surface area contributed by atoms with Gasteiger partial charge in [-0.25, -0.2) is 0 Å². The summed E-state index contributed by atoms with van der Waals surface area (Å²) in [5.74, 6) is 1.05. The zero-order chi connectivity index (χ0) is 13.7. The van der Waals surface area contributed by atoms with Gasteiger partial charge in [-0.2, -0.15) is 0 Å². The third-order valence-electron chi connectivity index (χ3n) is 3.29. The fraction of sp³-hybridized carbons (Fsp3) is 0.467. The predicted octanol–water partition coefficient (Wildman–Crippen LogP) is 2.53. The molecule has 0 spiro atoms. The topological polar surface area (TPSA) is 37.4 Å². The molecule has 1 amide bonds. The smallest absolute Gasteiger partial charge is 0.232 e. The molecule has 1 heterocycles. The molecule has 1 aromatic rings. The Morgan fingerprint density at radius 1 is 1.11 bits per heavy atom. The van der Waals surface area contributed by atoms with Crippen molar-refractivity contribution in [1.82, 2.24) is 4.90 Å². The molecular weight excluding hydrogens is 258 g/mol. The van der Waals surface area contributed by atoms with Crippen LogP contribution in [0.5, 0.6) is 0 Å². The van der Waals surface area contributed by atoms with Gasteiger partial charge in [0.25, 0.3) is 0 Å². The summed E-state index contributed by atoms with van der Waals surface area (Å²) in [6.45, 7) is 3.76. The molecule has 1 saturated heterocycles. The van der Waals surface area contributed by atoms with Crippen LogP contribution in [-0.4, -0.2) is 41.2 Å². The Morgan fingerprint density at radius 3 is 2.37 bits per heavy atom. The maximum absolute atomic E-state index is 11.9. The average Bonchev–Trinajstić information content (AvgIpc) is 2.93. The normalized spacial score (nSPS) is 14.7. The second-order valence-corrected chi connectivity index (χ2v) is 5.86. The van der Waals surface area contributed by atoms with Gasteiger partial charge in [0.1, 0.15) is 0 Å². The molecule has 0 radical (unpaired) electrons. The van der Waals surface area contributed by atoms with Gasteiger partial charge >= 0.3 is 0 Å². The zero-order valence-electron chi connectivity index (χ0n) is 11.2. The maximum atomic E-state index is 11.9. The van der Waals surface area contributed by atoms with Crippen LogP contribution < -0.4 is 0 Å². The fourth-order valence-corrected chi connectivity index (χ4v) is 2.92. The fourth-order valence-electron chi connectivity index (χ4n) is 2.11. The number of hydrogen-bond acceptors (Lipinski definition) is 3. The first-order valence-corrected chi connectivity index (χ1v) is 7.77. The summed E-state index contributed by atoms with van der Waals surface area (Å²) in [6, 6.07) is 7.57. The molecule has 0 saturated carbocycles. The first-order valence-electron chi connectivity index (χ1n) is 6.62. The highest BCUT2D eigenvalue weighted by Crippen LogP contribution is 2.12. The zero-order valence-corrected chi connectivity index (χ0v) is 12.0. The average molecular weight is 277 g/mol. The van der Waals surface area contributed by atoms with E-state index in [2.05, 4.69) is 0 Å². The van der Waals surface area contributed by atoms with Gasteiger partial charge in [0.15, 0.2) is 5.78 Å². The Kier molecular flexibility index (Phi) is 5.02. The van der Waals surface area contributed by atoms with E-state index in [1.807, 2.05) is 36.1 Å². The Labute approximate surface area is 118 Å². The van der Waals surface area contributed by atoms with Gasteiger partial charge in [-0.3, -0.25) is 9.59 Å². The van der Waals surface area contributed by atoms with E-state index in [0.717, 1.165) is 37.1 Å². The Bertz CT molecular complexity index is 450. The van der Waals surface area contributed by atoms with E-state index in [9.17, 15) is 9.59 Å². The van der Waals surface area contributed by atoms with Crippen molar-refractivity contribution < 1.29 is 9.59 Å². The van der Waals surface area contributed by atoms with Crippen molar-refractivity contribution >= 4 is 23.5 Å². The SMILES string of the molecule is Cc1ccc(C(=O)CSCC(=O)N2CCCC2)cc1. The lowest BCUT2D eigenvalue weighted by Gasteiger charge is -2.14. The molecule has 1 fully saturated rings. The van der Waals surface area contributed by atoms with Crippen molar-refractivity contribution in [2.24, 2.45) is 0 Å². The third kappa shape index (κ3) is 4.10. The van der Waals surface area contributed by atoms with E-state index in [-0.39, 0.29) is 11.7 Å². The van der Waals surface area contributed by atoms with Crippen LogP contribution in [0.15, 0.2) is 24.3 Å². The molecular formula is C15H19NO2S. The molecule has 1 aromatic carbocycles. The van der Waals surface area contributed by atoms with Crippen molar-refractivity contribution in [3.05, 3.63) is 35.4 Å². The van der Waals surface area contributed by atoms with Crippen LogP contribution in [0.4, 0.5) is 0 Å². The minimum Gasteiger partial charge on any atom is -0.342 e. The second-order valence-electron chi connectivity index (χ2n) is 4.87. The van der Waals surface area contributed by atoms with Gasteiger partial charge < -0.3 is 4.90 Å². The van der Waals surface area contributed by atoms with Crippen molar-refractivity contribution in [3.63, 3.8) is 0 Å². The van der Waals surface area contributed by atoms with E-state index in [1.165, 1.54) is 11.8 Å². The number of benzene rings is 1. The highest BCUT2D eigenvalue weighted by molar-refractivity contribution is 8.00. The molecule has 4 heteroatoms. The predicted molar refractivity (Wildman–Crippen MR) is 78.6 cm³/mol. The number of aryl methyl sites for hydroxylation is 1. The highest BCUT2D eigenvalue weighted by atomic mass is 32.2. The monoisotopic (exact) mass is 277 g/mol. The largest absolute Gasteiger partial charge is 0.342 e. The standard InChI is InChI=1S/C15H19NO2S/c1-12-4-6-13(7-5-12)14(17)10-19-11-15(18)16-8-2-3-9-16/h4-7H,2-3,8-11H2,1H3. The van der Waals surface area contributed by atoms with Crippen LogP contribution in [0.1, 0.15) is 28.8 Å². The first kappa shape index (κ1) is 14.1. The molecule has 0 aromatic heterocycles. The molecule has 0 bridgehead atoms. The Morgan fingerprint density at radius 2 is 1.74 bits per heavy atom. The number of thioether (sulfide) groups is 1. The third-order valence-corrected chi connectivity index (χ3v) is 4.21. The minimum absolute atomic E-state index is 0.0965.